The van der Waals surface area contributed by atoms with Crippen molar-refractivity contribution in [1.82, 2.24) is 15.2 Å². The van der Waals surface area contributed by atoms with Crippen LogP contribution in [0.3, 0.4) is 0 Å². The van der Waals surface area contributed by atoms with E-state index in [9.17, 15) is 4.79 Å². The van der Waals surface area contributed by atoms with Gasteiger partial charge in [-0.25, -0.2) is 4.98 Å². The van der Waals surface area contributed by atoms with Crippen LogP contribution in [-0.4, -0.2) is 21.1 Å². The predicted molar refractivity (Wildman–Crippen MR) is 62.9 cm³/mol. The van der Waals surface area contributed by atoms with Crippen molar-refractivity contribution in [2.24, 2.45) is 0 Å². The summed E-state index contributed by atoms with van der Waals surface area (Å²) in [7, 11) is 0. The van der Waals surface area contributed by atoms with Gasteiger partial charge in [0, 0.05) is 11.1 Å². The van der Waals surface area contributed by atoms with Crippen LogP contribution in [0.25, 0.3) is 0 Å². The SMILES string of the molecule is Cc1csc(NC(=O)c2c(C)n[nH]c2C)n1. The second kappa shape index (κ2) is 4.05. The Kier molecular flexibility index (Phi) is 2.74. The largest absolute Gasteiger partial charge is 0.298 e. The fourth-order valence-electron chi connectivity index (χ4n) is 1.46. The molecule has 2 rings (SSSR count). The van der Waals surface area contributed by atoms with Crippen LogP contribution in [0, 0.1) is 20.8 Å². The topological polar surface area (TPSA) is 70.7 Å². The van der Waals surface area contributed by atoms with E-state index >= 15 is 0 Å². The van der Waals surface area contributed by atoms with Gasteiger partial charge in [-0.2, -0.15) is 5.10 Å². The highest BCUT2D eigenvalue weighted by molar-refractivity contribution is 7.13. The lowest BCUT2D eigenvalue weighted by Gasteiger charge is -2.00. The monoisotopic (exact) mass is 236 g/mol. The molecular weight excluding hydrogens is 224 g/mol. The molecule has 0 spiro atoms. The number of rotatable bonds is 2. The van der Waals surface area contributed by atoms with E-state index in [-0.39, 0.29) is 5.91 Å². The molecule has 0 aliphatic heterocycles. The minimum Gasteiger partial charge on any atom is -0.298 e. The van der Waals surface area contributed by atoms with E-state index in [1.807, 2.05) is 19.2 Å². The highest BCUT2D eigenvalue weighted by Gasteiger charge is 2.16. The molecule has 0 unspecified atom stereocenters. The van der Waals surface area contributed by atoms with Gasteiger partial charge >= 0.3 is 0 Å². The molecule has 0 aromatic carbocycles. The van der Waals surface area contributed by atoms with Crippen LogP contribution in [0.5, 0.6) is 0 Å². The second-order valence-corrected chi connectivity index (χ2v) is 4.42. The summed E-state index contributed by atoms with van der Waals surface area (Å²) in [6, 6.07) is 0. The van der Waals surface area contributed by atoms with E-state index in [0.29, 0.717) is 16.4 Å². The number of aromatic amines is 1. The van der Waals surface area contributed by atoms with Gasteiger partial charge in [-0.15, -0.1) is 11.3 Å². The molecule has 2 N–H and O–H groups in total. The molecule has 0 radical (unpaired) electrons. The Hall–Kier alpha value is -1.69. The first kappa shape index (κ1) is 10.8. The molecule has 84 valence electrons. The molecule has 16 heavy (non-hydrogen) atoms. The smallest absolute Gasteiger partial charge is 0.261 e. The van der Waals surface area contributed by atoms with Crippen molar-refractivity contribution >= 4 is 22.4 Å². The molecule has 6 heteroatoms. The normalized spacial score (nSPS) is 10.4. The van der Waals surface area contributed by atoms with Crippen LogP contribution < -0.4 is 5.32 Å². The number of hydrogen-bond donors (Lipinski definition) is 2. The van der Waals surface area contributed by atoms with Gasteiger partial charge in [0.05, 0.1) is 17.0 Å². The molecule has 2 aromatic rings. The van der Waals surface area contributed by atoms with Gasteiger partial charge in [0.1, 0.15) is 0 Å². The van der Waals surface area contributed by atoms with Crippen molar-refractivity contribution in [2.75, 3.05) is 5.32 Å². The molecular formula is C10H12N4OS. The Balaban J connectivity index is 2.21. The van der Waals surface area contributed by atoms with Crippen LogP contribution in [0.15, 0.2) is 5.38 Å². The first-order chi connectivity index (χ1) is 7.58. The summed E-state index contributed by atoms with van der Waals surface area (Å²) in [5, 5.41) is 12.0. The molecule has 5 nitrogen and oxygen atoms in total. The third-order valence-electron chi connectivity index (χ3n) is 2.19. The third-order valence-corrected chi connectivity index (χ3v) is 3.07. The number of thiazole rings is 1. The number of nitrogens with zero attached hydrogens (tertiary/aromatic N) is 2. The van der Waals surface area contributed by atoms with Crippen LogP contribution in [0.2, 0.25) is 0 Å². The minimum atomic E-state index is -0.168. The quantitative estimate of drug-likeness (QED) is 0.838. The Morgan fingerprint density at radius 2 is 2.19 bits per heavy atom. The molecule has 2 heterocycles. The van der Waals surface area contributed by atoms with Crippen molar-refractivity contribution in [3.63, 3.8) is 0 Å². The maximum atomic E-state index is 11.9. The van der Waals surface area contributed by atoms with Gasteiger partial charge in [-0.05, 0) is 20.8 Å². The molecule has 0 atom stereocenters. The van der Waals surface area contributed by atoms with E-state index in [1.54, 1.807) is 6.92 Å². The lowest BCUT2D eigenvalue weighted by molar-refractivity contribution is 0.102. The summed E-state index contributed by atoms with van der Waals surface area (Å²) in [4.78, 5) is 16.1. The van der Waals surface area contributed by atoms with Crippen molar-refractivity contribution in [3.8, 4) is 0 Å². The highest BCUT2D eigenvalue weighted by Crippen LogP contribution is 2.17. The van der Waals surface area contributed by atoms with Gasteiger partial charge in [0.2, 0.25) is 0 Å². The fourth-order valence-corrected chi connectivity index (χ4v) is 2.14. The number of amides is 1. The van der Waals surface area contributed by atoms with Crippen molar-refractivity contribution in [3.05, 3.63) is 28.0 Å². The number of H-pyrrole nitrogens is 1. The summed E-state index contributed by atoms with van der Waals surface area (Å²) in [5.74, 6) is -0.168. The summed E-state index contributed by atoms with van der Waals surface area (Å²) in [6.45, 7) is 5.51. The second-order valence-electron chi connectivity index (χ2n) is 3.56. The number of aromatic nitrogens is 3. The van der Waals surface area contributed by atoms with E-state index in [1.165, 1.54) is 11.3 Å². The Morgan fingerprint density at radius 3 is 2.69 bits per heavy atom. The van der Waals surface area contributed by atoms with Crippen molar-refractivity contribution < 1.29 is 4.79 Å². The molecule has 0 aliphatic rings. The number of carbonyl (C=O) groups is 1. The van der Waals surface area contributed by atoms with E-state index in [4.69, 9.17) is 0 Å². The van der Waals surface area contributed by atoms with Crippen LogP contribution in [0.4, 0.5) is 5.13 Å². The zero-order chi connectivity index (χ0) is 11.7. The number of anilines is 1. The molecule has 0 saturated carbocycles. The van der Waals surface area contributed by atoms with Crippen molar-refractivity contribution in [1.29, 1.82) is 0 Å². The summed E-state index contributed by atoms with van der Waals surface area (Å²) < 4.78 is 0. The van der Waals surface area contributed by atoms with E-state index < -0.39 is 0 Å². The zero-order valence-corrected chi connectivity index (χ0v) is 10.1. The van der Waals surface area contributed by atoms with Gasteiger partial charge in [-0.1, -0.05) is 0 Å². The Morgan fingerprint density at radius 1 is 1.44 bits per heavy atom. The van der Waals surface area contributed by atoms with E-state index in [2.05, 4.69) is 20.5 Å². The lowest BCUT2D eigenvalue weighted by atomic mass is 10.2. The Labute approximate surface area is 96.9 Å². The van der Waals surface area contributed by atoms with Crippen molar-refractivity contribution in [2.45, 2.75) is 20.8 Å². The fraction of sp³-hybridized carbons (Fsp3) is 0.300. The molecule has 0 fully saturated rings. The molecule has 0 bridgehead atoms. The molecule has 2 aromatic heterocycles. The molecule has 1 amide bonds. The minimum absolute atomic E-state index is 0.168. The zero-order valence-electron chi connectivity index (χ0n) is 9.29. The first-order valence-corrected chi connectivity index (χ1v) is 5.71. The van der Waals surface area contributed by atoms with Gasteiger partial charge in [0.15, 0.2) is 5.13 Å². The average molecular weight is 236 g/mol. The molecule has 0 saturated heterocycles. The van der Waals surface area contributed by atoms with E-state index in [0.717, 1.165) is 11.4 Å². The Bertz CT molecular complexity index is 509. The maximum Gasteiger partial charge on any atom is 0.261 e. The van der Waals surface area contributed by atoms with Gasteiger partial charge in [0.25, 0.3) is 5.91 Å². The van der Waals surface area contributed by atoms with Gasteiger partial charge < -0.3 is 0 Å². The van der Waals surface area contributed by atoms with Crippen LogP contribution in [0.1, 0.15) is 27.4 Å². The number of hydrogen-bond acceptors (Lipinski definition) is 4. The van der Waals surface area contributed by atoms with Crippen LogP contribution >= 0.6 is 11.3 Å². The first-order valence-electron chi connectivity index (χ1n) is 4.83. The number of carbonyl (C=O) groups excluding carboxylic acids is 1. The maximum absolute atomic E-state index is 11.9. The third kappa shape index (κ3) is 1.96. The number of aryl methyl sites for hydroxylation is 3. The lowest BCUT2D eigenvalue weighted by Crippen LogP contribution is -2.13. The van der Waals surface area contributed by atoms with Gasteiger partial charge in [-0.3, -0.25) is 15.2 Å². The predicted octanol–water partition coefficient (Wildman–Crippen LogP) is 2.04. The summed E-state index contributed by atoms with van der Waals surface area (Å²) in [6.07, 6.45) is 0. The average Bonchev–Trinajstić information content (AvgIpc) is 2.74. The summed E-state index contributed by atoms with van der Waals surface area (Å²) in [5.41, 5.74) is 2.96. The van der Waals surface area contributed by atoms with Crippen LogP contribution in [-0.2, 0) is 0 Å². The highest BCUT2D eigenvalue weighted by atomic mass is 32.1. The number of nitrogens with one attached hydrogen (secondary N) is 2. The summed E-state index contributed by atoms with van der Waals surface area (Å²) >= 11 is 1.41. The standard InChI is InChI=1S/C10H12N4OS/c1-5-4-16-10(11-5)12-9(15)8-6(2)13-14-7(8)3/h4H,1-3H3,(H,13,14)(H,11,12,15). The molecule has 0 aliphatic carbocycles.